The van der Waals surface area contributed by atoms with E-state index in [-0.39, 0.29) is 14.7 Å². The average molecular weight is 453 g/mol. The van der Waals surface area contributed by atoms with Crippen LogP contribution in [0.5, 0.6) is 0 Å². The Labute approximate surface area is 143 Å². The molecule has 22 heavy (non-hydrogen) atoms. The maximum absolute atomic E-state index is 12.6. The summed E-state index contributed by atoms with van der Waals surface area (Å²) in [5.41, 5.74) is 1.04. The van der Waals surface area contributed by atoms with Gasteiger partial charge in [-0.1, -0.05) is 0 Å². The third kappa shape index (κ3) is 2.93. The van der Waals surface area contributed by atoms with Gasteiger partial charge in [0.2, 0.25) is 0 Å². The summed E-state index contributed by atoms with van der Waals surface area (Å²) in [6.45, 7) is 6.29. The van der Waals surface area contributed by atoms with Crippen molar-refractivity contribution in [2.75, 3.05) is 0 Å². The number of benzene rings is 1. The molecule has 0 spiro atoms. The molecule has 1 aromatic carbocycles. The van der Waals surface area contributed by atoms with Crippen LogP contribution in [0.3, 0.4) is 0 Å². The fraction of sp³-hybridized carbons (Fsp3) is 0.600. The zero-order valence-electron chi connectivity index (χ0n) is 12.9. The van der Waals surface area contributed by atoms with Crippen LogP contribution in [0.15, 0.2) is 29.2 Å². The second-order valence-corrected chi connectivity index (χ2v) is 16.7. The molecule has 2 fully saturated rings. The molecular weight excluding hydrogens is 432 g/mol. The minimum atomic E-state index is -3.53. The van der Waals surface area contributed by atoms with E-state index >= 15 is 0 Å². The molecule has 1 aliphatic carbocycles. The molecule has 2 N–H and O–H groups in total. The van der Waals surface area contributed by atoms with Gasteiger partial charge in [-0.2, -0.15) is 0 Å². The SMILES string of the molecule is Cc1ccc(S(=O)(=O)N[C@H]2C[C@@H](O)[C@@]3(C)C[C@]2(C)[Se][Se]3)cc1. The van der Waals surface area contributed by atoms with E-state index in [1.54, 1.807) is 12.1 Å². The van der Waals surface area contributed by atoms with Crippen molar-refractivity contribution in [3.63, 3.8) is 0 Å². The van der Waals surface area contributed by atoms with Crippen LogP contribution >= 0.6 is 0 Å². The summed E-state index contributed by atoms with van der Waals surface area (Å²) < 4.78 is 28.2. The number of aliphatic hydroxyl groups excluding tert-OH is 1. The third-order valence-corrected chi connectivity index (χ3v) is 18.9. The Morgan fingerprint density at radius 1 is 1.18 bits per heavy atom. The van der Waals surface area contributed by atoms with Crippen LogP contribution in [0, 0.1) is 6.92 Å². The van der Waals surface area contributed by atoms with Crippen LogP contribution in [0.4, 0.5) is 0 Å². The molecule has 3 rings (SSSR count). The van der Waals surface area contributed by atoms with E-state index in [9.17, 15) is 13.5 Å². The Morgan fingerprint density at radius 3 is 2.41 bits per heavy atom. The van der Waals surface area contributed by atoms with Gasteiger partial charge in [-0.25, -0.2) is 0 Å². The van der Waals surface area contributed by atoms with Crippen LogP contribution in [-0.2, 0) is 10.0 Å². The van der Waals surface area contributed by atoms with Crippen molar-refractivity contribution in [1.29, 1.82) is 0 Å². The molecule has 1 heterocycles. The van der Waals surface area contributed by atoms with Gasteiger partial charge in [-0.05, 0) is 0 Å². The Bertz CT molecular complexity index is 679. The van der Waals surface area contributed by atoms with Crippen LogP contribution in [-0.4, -0.2) is 51.9 Å². The Kier molecular flexibility index (Phi) is 4.31. The molecule has 1 aliphatic heterocycles. The van der Waals surface area contributed by atoms with Crippen molar-refractivity contribution < 1.29 is 13.5 Å². The van der Waals surface area contributed by atoms with Gasteiger partial charge >= 0.3 is 144 Å². The van der Waals surface area contributed by atoms with Crippen LogP contribution in [0.2, 0.25) is 8.63 Å². The first-order chi connectivity index (χ1) is 10.1. The molecule has 122 valence electrons. The minimum absolute atomic E-state index is 0.0265. The predicted molar refractivity (Wildman–Crippen MR) is 88.8 cm³/mol. The second-order valence-electron chi connectivity index (χ2n) is 6.71. The molecule has 7 heteroatoms. The standard InChI is InChI=1S/C15H21NO3SSe2/c1-10-4-6-11(7-5-10)20(18,19)16-12-8-13(17)15(3)9-14(12,2)21-22-15/h4-7,12-13,16-17H,8-9H2,1-3H3/t12-,13+,14-,15+/m0/s1. The first-order valence-electron chi connectivity index (χ1n) is 7.29. The maximum atomic E-state index is 12.6. The van der Waals surface area contributed by atoms with E-state index in [1.807, 2.05) is 19.1 Å². The monoisotopic (exact) mass is 455 g/mol. The number of sulfonamides is 1. The van der Waals surface area contributed by atoms with Gasteiger partial charge in [0.25, 0.3) is 0 Å². The number of fused-ring (bicyclic) bond motifs is 2. The van der Waals surface area contributed by atoms with Crippen LogP contribution in [0.1, 0.15) is 32.3 Å². The summed E-state index contributed by atoms with van der Waals surface area (Å²) in [5, 5.41) is 10.4. The average Bonchev–Trinajstić information content (AvgIpc) is 2.72. The zero-order chi connectivity index (χ0) is 16.2. The van der Waals surface area contributed by atoms with Crippen molar-refractivity contribution in [2.45, 2.75) is 59.3 Å². The summed E-state index contributed by atoms with van der Waals surface area (Å²) in [6, 6.07) is 6.75. The molecule has 0 aromatic heterocycles. The second kappa shape index (κ2) is 5.59. The number of aliphatic hydroxyl groups is 1. The molecule has 4 nitrogen and oxygen atoms in total. The van der Waals surface area contributed by atoms with Crippen LogP contribution < -0.4 is 4.72 Å². The Morgan fingerprint density at radius 2 is 1.77 bits per heavy atom. The Hall–Kier alpha value is 0.129. The van der Waals surface area contributed by atoms with E-state index in [1.165, 1.54) is 0 Å². The van der Waals surface area contributed by atoms with Crippen molar-refractivity contribution in [3.05, 3.63) is 29.8 Å². The molecule has 1 saturated carbocycles. The molecule has 4 atom stereocenters. The molecule has 1 aromatic rings. The van der Waals surface area contributed by atoms with Crippen molar-refractivity contribution >= 4 is 36.3 Å². The van der Waals surface area contributed by atoms with E-state index in [2.05, 4.69) is 18.6 Å². The van der Waals surface area contributed by atoms with E-state index in [0.29, 0.717) is 37.6 Å². The van der Waals surface area contributed by atoms with E-state index in [4.69, 9.17) is 0 Å². The van der Waals surface area contributed by atoms with Crippen molar-refractivity contribution in [2.24, 2.45) is 0 Å². The molecule has 2 aliphatic rings. The number of hydrogen-bond acceptors (Lipinski definition) is 3. The zero-order valence-corrected chi connectivity index (χ0v) is 17.1. The summed E-state index contributed by atoms with van der Waals surface area (Å²) in [7, 11) is -3.53. The predicted octanol–water partition coefficient (Wildman–Crippen LogP) is 1.49. The van der Waals surface area contributed by atoms with Crippen molar-refractivity contribution in [3.8, 4) is 0 Å². The molecule has 0 unspecified atom stereocenters. The molecule has 2 bridgehead atoms. The van der Waals surface area contributed by atoms with E-state index < -0.39 is 16.1 Å². The van der Waals surface area contributed by atoms with Gasteiger partial charge in [0, 0.05) is 0 Å². The fourth-order valence-corrected chi connectivity index (χ4v) is 16.4. The first-order valence-corrected chi connectivity index (χ1v) is 14.8. The number of aryl methyl sites for hydroxylation is 1. The third-order valence-electron chi connectivity index (χ3n) is 4.65. The topological polar surface area (TPSA) is 66.4 Å². The number of hydrogen-bond donors (Lipinski definition) is 2. The van der Waals surface area contributed by atoms with Gasteiger partial charge in [-0.15, -0.1) is 0 Å². The summed E-state index contributed by atoms with van der Waals surface area (Å²) in [4.78, 5) is 0.306. The number of rotatable bonds is 3. The summed E-state index contributed by atoms with van der Waals surface area (Å²) in [6.07, 6.45) is 1.07. The van der Waals surface area contributed by atoms with Gasteiger partial charge in [0.1, 0.15) is 0 Å². The van der Waals surface area contributed by atoms with Gasteiger partial charge in [0.05, 0.1) is 0 Å². The van der Waals surface area contributed by atoms with Crippen molar-refractivity contribution in [1.82, 2.24) is 4.72 Å². The molecule has 1 saturated heterocycles. The van der Waals surface area contributed by atoms with Gasteiger partial charge in [-0.3, -0.25) is 0 Å². The summed E-state index contributed by atoms with van der Waals surface area (Å²) in [5.74, 6) is 0. The molecule has 0 amide bonds. The quantitative estimate of drug-likeness (QED) is 0.682. The van der Waals surface area contributed by atoms with Crippen LogP contribution in [0.25, 0.3) is 0 Å². The van der Waals surface area contributed by atoms with Gasteiger partial charge in [0.15, 0.2) is 0 Å². The normalized spacial score (nSPS) is 38.2. The number of nitrogens with one attached hydrogen (secondary N) is 1. The molecule has 0 radical (unpaired) electrons. The molecular formula is C15H21NO3SSe2. The first kappa shape index (κ1) is 17.0. The van der Waals surface area contributed by atoms with Gasteiger partial charge < -0.3 is 0 Å². The summed E-state index contributed by atoms with van der Waals surface area (Å²) >= 11 is 0.838. The van der Waals surface area contributed by atoms with E-state index in [0.717, 1.165) is 12.0 Å². The Balaban J connectivity index is 1.85. The fourth-order valence-electron chi connectivity index (χ4n) is 3.17.